The molecule has 4 nitrogen and oxygen atoms in total. The summed E-state index contributed by atoms with van der Waals surface area (Å²) in [5.74, 6) is -1.29. The highest BCUT2D eigenvalue weighted by molar-refractivity contribution is 6.01. The number of carbonyl (C=O) groups is 2. The number of benzene rings is 1. The molecule has 0 radical (unpaired) electrons. The van der Waals surface area contributed by atoms with Crippen LogP contribution >= 0.6 is 0 Å². The molecule has 0 aliphatic rings. The minimum atomic E-state index is -1.05. The van der Waals surface area contributed by atoms with Crippen LogP contribution in [0, 0.1) is 0 Å². The van der Waals surface area contributed by atoms with Crippen molar-refractivity contribution in [1.29, 1.82) is 0 Å². The SMILES string of the molecule is CC(C(=O)O)=C(C)C(=O)N(C)CCc1ccccc1. The van der Waals surface area contributed by atoms with Gasteiger partial charge in [0.1, 0.15) is 0 Å². The maximum atomic E-state index is 12.0. The molecule has 19 heavy (non-hydrogen) atoms. The van der Waals surface area contributed by atoms with Gasteiger partial charge in [0, 0.05) is 24.7 Å². The van der Waals surface area contributed by atoms with E-state index in [1.54, 1.807) is 18.9 Å². The van der Waals surface area contributed by atoms with Crippen molar-refractivity contribution in [1.82, 2.24) is 4.90 Å². The molecule has 1 aromatic rings. The number of carboxylic acids is 1. The van der Waals surface area contributed by atoms with Crippen molar-refractivity contribution < 1.29 is 14.7 Å². The van der Waals surface area contributed by atoms with Crippen molar-refractivity contribution >= 4 is 11.9 Å². The van der Waals surface area contributed by atoms with Crippen LogP contribution in [-0.4, -0.2) is 35.5 Å². The molecule has 0 saturated heterocycles. The molecule has 0 spiro atoms. The van der Waals surface area contributed by atoms with Crippen LogP contribution in [0.2, 0.25) is 0 Å². The van der Waals surface area contributed by atoms with Gasteiger partial charge in [0.2, 0.25) is 5.91 Å². The Kier molecular flexibility index (Phi) is 5.30. The Labute approximate surface area is 113 Å². The number of amides is 1. The third-order valence-electron chi connectivity index (χ3n) is 3.13. The Balaban J connectivity index is 2.64. The molecule has 4 heteroatoms. The van der Waals surface area contributed by atoms with Gasteiger partial charge in [0.15, 0.2) is 0 Å². The fourth-order valence-electron chi connectivity index (χ4n) is 1.65. The molecule has 0 bridgehead atoms. The van der Waals surface area contributed by atoms with Crippen LogP contribution < -0.4 is 0 Å². The first-order valence-electron chi connectivity index (χ1n) is 6.13. The summed E-state index contributed by atoms with van der Waals surface area (Å²) in [7, 11) is 1.68. The Morgan fingerprint density at radius 2 is 1.68 bits per heavy atom. The lowest BCUT2D eigenvalue weighted by molar-refractivity contribution is -0.133. The van der Waals surface area contributed by atoms with Gasteiger partial charge in [0.05, 0.1) is 0 Å². The van der Waals surface area contributed by atoms with Gasteiger partial charge in [-0.05, 0) is 25.8 Å². The van der Waals surface area contributed by atoms with Crippen molar-refractivity contribution in [2.24, 2.45) is 0 Å². The van der Waals surface area contributed by atoms with Gasteiger partial charge in [-0.15, -0.1) is 0 Å². The Morgan fingerprint density at radius 3 is 2.21 bits per heavy atom. The number of aliphatic carboxylic acids is 1. The Hall–Kier alpha value is -2.10. The normalized spacial score (nSPS) is 11.7. The van der Waals surface area contributed by atoms with Gasteiger partial charge in [-0.3, -0.25) is 4.79 Å². The van der Waals surface area contributed by atoms with Crippen LogP contribution in [0.25, 0.3) is 0 Å². The molecule has 0 aromatic heterocycles. The van der Waals surface area contributed by atoms with E-state index in [4.69, 9.17) is 5.11 Å². The van der Waals surface area contributed by atoms with Crippen molar-refractivity contribution in [3.63, 3.8) is 0 Å². The van der Waals surface area contributed by atoms with E-state index < -0.39 is 5.97 Å². The second-order valence-electron chi connectivity index (χ2n) is 4.52. The van der Waals surface area contributed by atoms with Crippen molar-refractivity contribution in [2.45, 2.75) is 20.3 Å². The van der Waals surface area contributed by atoms with Crippen molar-refractivity contribution in [3.05, 3.63) is 47.0 Å². The number of carboxylic acid groups (broad SMARTS) is 1. The van der Waals surface area contributed by atoms with Gasteiger partial charge < -0.3 is 10.0 Å². The number of hydrogen-bond acceptors (Lipinski definition) is 2. The van der Waals surface area contributed by atoms with E-state index in [2.05, 4.69) is 0 Å². The Bertz CT molecular complexity index is 491. The third kappa shape index (κ3) is 4.25. The van der Waals surface area contributed by atoms with Gasteiger partial charge in [0.25, 0.3) is 0 Å². The molecular weight excluding hydrogens is 242 g/mol. The number of carbonyl (C=O) groups excluding carboxylic acids is 1. The quantitative estimate of drug-likeness (QED) is 0.826. The van der Waals surface area contributed by atoms with Crippen LogP contribution in [0.5, 0.6) is 0 Å². The summed E-state index contributed by atoms with van der Waals surface area (Å²) in [5.41, 5.74) is 1.53. The molecule has 0 aliphatic heterocycles. The van der Waals surface area contributed by atoms with Gasteiger partial charge in [-0.2, -0.15) is 0 Å². The average molecular weight is 261 g/mol. The topological polar surface area (TPSA) is 57.6 Å². The van der Waals surface area contributed by atoms with E-state index in [9.17, 15) is 9.59 Å². The summed E-state index contributed by atoms with van der Waals surface area (Å²) in [5, 5.41) is 8.86. The Morgan fingerprint density at radius 1 is 1.11 bits per heavy atom. The molecule has 0 atom stereocenters. The molecule has 1 rings (SSSR count). The zero-order valence-corrected chi connectivity index (χ0v) is 11.5. The second-order valence-corrected chi connectivity index (χ2v) is 4.52. The molecule has 102 valence electrons. The van der Waals surface area contributed by atoms with Crippen LogP contribution in [0.4, 0.5) is 0 Å². The maximum absolute atomic E-state index is 12.0. The average Bonchev–Trinajstić information content (AvgIpc) is 2.43. The van der Waals surface area contributed by atoms with Crippen LogP contribution in [0.15, 0.2) is 41.5 Å². The predicted molar refractivity (Wildman–Crippen MR) is 73.8 cm³/mol. The van der Waals surface area contributed by atoms with Crippen molar-refractivity contribution in [2.75, 3.05) is 13.6 Å². The number of nitrogens with zero attached hydrogens (tertiary/aromatic N) is 1. The van der Waals surface area contributed by atoms with Gasteiger partial charge >= 0.3 is 5.97 Å². The molecule has 1 amide bonds. The molecular formula is C15H19NO3. The fraction of sp³-hybridized carbons (Fsp3) is 0.333. The lowest BCUT2D eigenvalue weighted by Crippen LogP contribution is -2.30. The van der Waals surface area contributed by atoms with Crippen LogP contribution in [-0.2, 0) is 16.0 Å². The van der Waals surface area contributed by atoms with Crippen molar-refractivity contribution in [3.8, 4) is 0 Å². The lowest BCUT2D eigenvalue weighted by atomic mass is 10.1. The summed E-state index contributed by atoms with van der Waals surface area (Å²) in [6.45, 7) is 3.55. The standard InChI is InChI=1S/C15H19NO3/c1-11(12(2)15(18)19)14(17)16(3)10-9-13-7-5-4-6-8-13/h4-8H,9-10H2,1-3H3,(H,18,19). The maximum Gasteiger partial charge on any atom is 0.331 e. The zero-order chi connectivity index (χ0) is 14.4. The second kappa shape index (κ2) is 6.73. The minimum Gasteiger partial charge on any atom is -0.478 e. The fourth-order valence-corrected chi connectivity index (χ4v) is 1.65. The van der Waals surface area contributed by atoms with E-state index in [0.29, 0.717) is 6.54 Å². The highest BCUT2D eigenvalue weighted by Gasteiger charge is 2.16. The summed E-state index contributed by atoms with van der Waals surface area (Å²) in [6, 6.07) is 9.86. The molecule has 1 aromatic carbocycles. The van der Waals surface area contributed by atoms with Gasteiger partial charge in [-0.1, -0.05) is 30.3 Å². The molecule has 0 saturated carbocycles. The van der Waals surface area contributed by atoms with E-state index in [-0.39, 0.29) is 17.1 Å². The van der Waals surface area contributed by atoms with Gasteiger partial charge in [-0.25, -0.2) is 4.79 Å². The number of likely N-dealkylation sites (N-methyl/N-ethyl adjacent to an activating group) is 1. The van der Waals surface area contributed by atoms with E-state index in [1.807, 2.05) is 30.3 Å². The van der Waals surface area contributed by atoms with Crippen LogP contribution in [0.1, 0.15) is 19.4 Å². The minimum absolute atomic E-state index is 0.0940. The monoisotopic (exact) mass is 261 g/mol. The van der Waals surface area contributed by atoms with E-state index in [0.717, 1.165) is 12.0 Å². The first-order valence-corrected chi connectivity index (χ1v) is 6.13. The molecule has 0 fully saturated rings. The summed E-state index contributed by atoms with van der Waals surface area (Å²) < 4.78 is 0. The smallest absolute Gasteiger partial charge is 0.331 e. The largest absolute Gasteiger partial charge is 0.478 e. The van der Waals surface area contributed by atoms with E-state index >= 15 is 0 Å². The van der Waals surface area contributed by atoms with E-state index in [1.165, 1.54) is 6.92 Å². The lowest BCUT2D eigenvalue weighted by Gasteiger charge is -2.18. The predicted octanol–water partition coefficient (Wildman–Crippen LogP) is 2.11. The van der Waals surface area contributed by atoms with Crippen LogP contribution in [0.3, 0.4) is 0 Å². The molecule has 0 heterocycles. The number of rotatable bonds is 5. The highest BCUT2D eigenvalue weighted by Crippen LogP contribution is 2.08. The highest BCUT2D eigenvalue weighted by atomic mass is 16.4. The molecule has 0 unspecified atom stereocenters. The molecule has 1 N–H and O–H groups in total. The summed E-state index contributed by atoms with van der Waals surface area (Å²) in [6.07, 6.45) is 0.752. The summed E-state index contributed by atoms with van der Waals surface area (Å²) >= 11 is 0. The summed E-state index contributed by atoms with van der Waals surface area (Å²) in [4.78, 5) is 24.4. The third-order valence-corrected chi connectivity index (χ3v) is 3.13. The molecule has 0 aliphatic carbocycles. The number of hydrogen-bond donors (Lipinski definition) is 1. The first kappa shape index (κ1) is 15.0. The zero-order valence-electron chi connectivity index (χ0n) is 11.5. The first-order chi connectivity index (χ1) is 8.93.